The van der Waals surface area contributed by atoms with E-state index in [1.165, 1.54) is 38.9 Å². The Labute approximate surface area is 104 Å². The first kappa shape index (κ1) is 12.5. The Morgan fingerprint density at radius 1 is 1.35 bits per heavy atom. The van der Waals surface area contributed by atoms with Crippen LogP contribution < -0.4 is 5.32 Å². The van der Waals surface area contributed by atoms with Crippen molar-refractivity contribution in [2.75, 3.05) is 26.2 Å². The van der Waals surface area contributed by atoms with Crippen molar-refractivity contribution >= 4 is 0 Å². The predicted octanol–water partition coefficient (Wildman–Crippen LogP) is 2.22. The first-order chi connectivity index (χ1) is 8.36. The molecule has 1 aliphatic rings. The summed E-state index contributed by atoms with van der Waals surface area (Å²) in [5.74, 6) is 0. The fourth-order valence-corrected chi connectivity index (χ4v) is 2.36. The van der Waals surface area contributed by atoms with Crippen molar-refractivity contribution in [3.05, 3.63) is 30.1 Å². The van der Waals surface area contributed by atoms with E-state index in [1.54, 1.807) is 0 Å². The molecule has 3 nitrogen and oxygen atoms in total. The zero-order valence-corrected chi connectivity index (χ0v) is 10.7. The molecule has 0 saturated carbocycles. The van der Waals surface area contributed by atoms with E-state index in [0.717, 1.165) is 12.2 Å². The molecule has 0 amide bonds. The quantitative estimate of drug-likeness (QED) is 0.764. The Morgan fingerprint density at radius 2 is 2.18 bits per heavy atom. The summed E-state index contributed by atoms with van der Waals surface area (Å²) >= 11 is 0. The molecule has 1 aromatic heterocycles. The van der Waals surface area contributed by atoms with Crippen molar-refractivity contribution in [1.82, 2.24) is 15.2 Å². The highest BCUT2D eigenvalue weighted by Crippen LogP contribution is 2.09. The van der Waals surface area contributed by atoms with Gasteiger partial charge in [0.25, 0.3) is 0 Å². The number of hydrogen-bond donors (Lipinski definition) is 1. The summed E-state index contributed by atoms with van der Waals surface area (Å²) in [6.45, 7) is 7.10. The third-order valence-electron chi connectivity index (χ3n) is 3.43. The summed E-state index contributed by atoms with van der Waals surface area (Å²) < 4.78 is 0. The Morgan fingerprint density at radius 3 is 2.88 bits per heavy atom. The van der Waals surface area contributed by atoms with Crippen LogP contribution in [0.2, 0.25) is 0 Å². The van der Waals surface area contributed by atoms with Crippen LogP contribution in [0, 0.1) is 0 Å². The smallest absolute Gasteiger partial charge is 0.0570 e. The van der Waals surface area contributed by atoms with Crippen LogP contribution in [0.25, 0.3) is 0 Å². The van der Waals surface area contributed by atoms with E-state index in [9.17, 15) is 0 Å². The number of likely N-dealkylation sites (tertiary alicyclic amines) is 1. The van der Waals surface area contributed by atoms with Gasteiger partial charge in [0.2, 0.25) is 0 Å². The summed E-state index contributed by atoms with van der Waals surface area (Å²) in [7, 11) is 0. The molecule has 1 unspecified atom stereocenters. The van der Waals surface area contributed by atoms with Crippen LogP contribution in [0.4, 0.5) is 0 Å². The van der Waals surface area contributed by atoms with Gasteiger partial charge < -0.3 is 10.2 Å². The SMILES string of the molecule is CC(NCCCN1CCCC1)c1ccccn1. The highest BCUT2D eigenvalue weighted by atomic mass is 15.1. The fourth-order valence-electron chi connectivity index (χ4n) is 2.36. The van der Waals surface area contributed by atoms with Gasteiger partial charge in [0.15, 0.2) is 0 Å². The molecule has 0 aromatic carbocycles. The van der Waals surface area contributed by atoms with E-state index in [2.05, 4.69) is 28.2 Å². The van der Waals surface area contributed by atoms with E-state index in [1.807, 2.05) is 18.3 Å². The molecule has 1 aromatic rings. The number of nitrogens with one attached hydrogen (secondary N) is 1. The van der Waals surface area contributed by atoms with Gasteiger partial charge in [0.05, 0.1) is 5.69 Å². The van der Waals surface area contributed by atoms with Crippen molar-refractivity contribution < 1.29 is 0 Å². The number of nitrogens with zero attached hydrogens (tertiary/aromatic N) is 2. The molecular weight excluding hydrogens is 210 g/mol. The standard InChI is InChI=1S/C14H23N3/c1-13(14-7-2-3-8-16-14)15-9-6-12-17-10-4-5-11-17/h2-3,7-8,13,15H,4-6,9-12H2,1H3. The van der Waals surface area contributed by atoms with Crippen molar-refractivity contribution in [2.24, 2.45) is 0 Å². The average molecular weight is 233 g/mol. The lowest BCUT2D eigenvalue weighted by Gasteiger charge is -2.16. The van der Waals surface area contributed by atoms with Crippen molar-refractivity contribution in [3.63, 3.8) is 0 Å². The fraction of sp³-hybridized carbons (Fsp3) is 0.643. The van der Waals surface area contributed by atoms with Crippen molar-refractivity contribution in [1.29, 1.82) is 0 Å². The minimum Gasteiger partial charge on any atom is -0.309 e. The Hall–Kier alpha value is -0.930. The van der Waals surface area contributed by atoms with E-state index in [4.69, 9.17) is 0 Å². The second-order valence-corrected chi connectivity index (χ2v) is 4.83. The molecule has 3 heteroatoms. The normalized spacial score (nSPS) is 18.4. The lowest BCUT2D eigenvalue weighted by atomic mass is 10.2. The number of rotatable bonds is 6. The molecule has 0 radical (unpaired) electrons. The Bertz CT molecular complexity index is 307. The van der Waals surface area contributed by atoms with Crippen LogP contribution >= 0.6 is 0 Å². The van der Waals surface area contributed by atoms with Gasteiger partial charge in [-0.05, 0) is 64.5 Å². The van der Waals surface area contributed by atoms with Crippen LogP contribution in [0.5, 0.6) is 0 Å². The average Bonchev–Trinajstić information content (AvgIpc) is 2.88. The van der Waals surface area contributed by atoms with Gasteiger partial charge in [-0.15, -0.1) is 0 Å². The van der Waals surface area contributed by atoms with Crippen molar-refractivity contribution in [3.8, 4) is 0 Å². The molecule has 17 heavy (non-hydrogen) atoms. The van der Waals surface area contributed by atoms with E-state index < -0.39 is 0 Å². The van der Waals surface area contributed by atoms with Crippen LogP contribution in [0.15, 0.2) is 24.4 Å². The van der Waals surface area contributed by atoms with E-state index >= 15 is 0 Å². The summed E-state index contributed by atoms with van der Waals surface area (Å²) in [4.78, 5) is 6.92. The zero-order valence-electron chi connectivity index (χ0n) is 10.7. The third-order valence-corrected chi connectivity index (χ3v) is 3.43. The summed E-state index contributed by atoms with van der Waals surface area (Å²) in [6, 6.07) is 6.45. The van der Waals surface area contributed by atoms with Gasteiger partial charge in [0, 0.05) is 12.2 Å². The maximum absolute atomic E-state index is 4.36. The molecule has 94 valence electrons. The van der Waals surface area contributed by atoms with Gasteiger partial charge in [-0.1, -0.05) is 6.07 Å². The molecule has 2 heterocycles. The Kier molecular flexibility index (Phi) is 4.95. The van der Waals surface area contributed by atoms with Gasteiger partial charge in [-0.25, -0.2) is 0 Å². The first-order valence-electron chi connectivity index (χ1n) is 6.73. The van der Waals surface area contributed by atoms with E-state index in [0.29, 0.717) is 6.04 Å². The van der Waals surface area contributed by atoms with Crippen molar-refractivity contribution in [2.45, 2.75) is 32.2 Å². The summed E-state index contributed by atoms with van der Waals surface area (Å²) in [5, 5.41) is 3.53. The predicted molar refractivity (Wildman–Crippen MR) is 70.9 cm³/mol. The maximum Gasteiger partial charge on any atom is 0.0570 e. The molecule has 1 N–H and O–H groups in total. The molecule has 2 rings (SSSR count). The Balaban J connectivity index is 1.61. The van der Waals surface area contributed by atoms with Gasteiger partial charge in [-0.2, -0.15) is 0 Å². The largest absolute Gasteiger partial charge is 0.309 e. The monoisotopic (exact) mass is 233 g/mol. The van der Waals surface area contributed by atoms with Crippen LogP contribution in [-0.4, -0.2) is 36.1 Å². The summed E-state index contributed by atoms with van der Waals surface area (Å²) in [6.07, 6.45) is 5.87. The highest BCUT2D eigenvalue weighted by Gasteiger charge is 2.10. The molecule has 1 fully saturated rings. The molecular formula is C14H23N3. The number of hydrogen-bond acceptors (Lipinski definition) is 3. The number of pyridine rings is 1. The van der Waals surface area contributed by atoms with Gasteiger partial charge in [-0.3, -0.25) is 4.98 Å². The zero-order chi connectivity index (χ0) is 11.9. The maximum atomic E-state index is 4.36. The molecule has 1 saturated heterocycles. The van der Waals surface area contributed by atoms with Gasteiger partial charge in [0.1, 0.15) is 0 Å². The third kappa shape index (κ3) is 4.10. The number of aromatic nitrogens is 1. The molecule has 1 aliphatic heterocycles. The second kappa shape index (κ2) is 6.72. The lowest BCUT2D eigenvalue weighted by molar-refractivity contribution is 0.328. The van der Waals surface area contributed by atoms with E-state index in [-0.39, 0.29) is 0 Å². The molecule has 0 bridgehead atoms. The van der Waals surface area contributed by atoms with Crippen LogP contribution in [0.3, 0.4) is 0 Å². The highest BCUT2D eigenvalue weighted by molar-refractivity contribution is 5.07. The molecule has 0 aliphatic carbocycles. The minimum atomic E-state index is 0.356. The first-order valence-corrected chi connectivity index (χ1v) is 6.73. The lowest BCUT2D eigenvalue weighted by Crippen LogP contribution is -2.26. The van der Waals surface area contributed by atoms with Crippen LogP contribution in [0.1, 0.15) is 37.9 Å². The minimum absolute atomic E-state index is 0.356. The second-order valence-electron chi connectivity index (χ2n) is 4.83. The summed E-state index contributed by atoms with van der Waals surface area (Å²) in [5.41, 5.74) is 1.13. The topological polar surface area (TPSA) is 28.2 Å². The molecule has 1 atom stereocenters. The van der Waals surface area contributed by atoms with Crippen LogP contribution in [-0.2, 0) is 0 Å². The molecule has 0 spiro atoms. The van der Waals surface area contributed by atoms with Gasteiger partial charge >= 0.3 is 0 Å².